The summed E-state index contributed by atoms with van der Waals surface area (Å²) >= 11 is 2.07. The Labute approximate surface area is 182 Å². The summed E-state index contributed by atoms with van der Waals surface area (Å²) in [5.41, 5.74) is -0.126. The van der Waals surface area contributed by atoms with Crippen LogP contribution < -0.4 is 10.6 Å². The van der Waals surface area contributed by atoms with Crippen molar-refractivity contribution in [2.24, 2.45) is 10.4 Å². The number of thioether (sulfide) groups is 1. The Morgan fingerprint density at radius 3 is 2.54 bits per heavy atom. The average Bonchev–Trinajstić information content (AvgIpc) is 2.51. The molecule has 0 aromatic rings. The number of nitrogens with zero attached hydrogens (tertiary/aromatic N) is 1. The molecule has 0 aromatic heterocycles. The maximum absolute atomic E-state index is 11.4. The van der Waals surface area contributed by atoms with Crippen molar-refractivity contribution in [1.82, 2.24) is 10.6 Å². The number of halogens is 1. The van der Waals surface area contributed by atoms with Gasteiger partial charge in [0.25, 0.3) is 0 Å². The first kappa shape index (κ1) is 26.3. The third-order valence-corrected chi connectivity index (χ3v) is 6.71. The Morgan fingerprint density at radius 1 is 1.27 bits per heavy atom. The first-order valence-electron chi connectivity index (χ1n) is 9.49. The lowest BCUT2D eigenvalue weighted by atomic mass is 9.90. The van der Waals surface area contributed by atoms with Crippen LogP contribution in [0.3, 0.4) is 0 Å². The first-order chi connectivity index (χ1) is 11.6. The Bertz CT molecular complexity index is 523. The number of hydrogen-bond donors (Lipinski definition) is 2. The van der Waals surface area contributed by atoms with Crippen LogP contribution in [0.2, 0.25) is 0 Å². The number of aliphatic imine (C=N–C) groups is 1. The molecule has 0 aromatic carbocycles. The van der Waals surface area contributed by atoms with Gasteiger partial charge in [0.2, 0.25) is 0 Å². The van der Waals surface area contributed by atoms with Crippen molar-refractivity contribution in [3.63, 3.8) is 0 Å². The molecule has 0 saturated heterocycles. The molecule has 2 atom stereocenters. The highest BCUT2D eigenvalue weighted by molar-refractivity contribution is 14.0. The van der Waals surface area contributed by atoms with Crippen molar-refractivity contribution in [2.75, 3.05) is 30.9 Å². The molecule has 8 heteroatoms. The van der Waals surface area contributed by atoms with Crippen LogP contribution in [0.25, 0.3) is 0 Å². The van der Waals surface area contributed by atoms with Crippen LogP contribution >= 0.6 is 35.7 Å². The molecule has 0 radical (unpaired) electrons. The number of nitrogens with one attached hydrogen (secondary N) is 2. The van der Waals surface area contributed by atoms with Crippen LogP contribution in [0.4, 0.5) is 0 Å². The Balaban J connectivity index is 0.00000625. The van der Waals surface area contributed by atoms with Crippen LogP contribution in [0, 0.1) is 5.41 Å². The molecule has 0 amide bonds. The molecule has 26 heavy (non-hydrogen) atoms. The van der Waals surface area contributed by atoms with E-state index in [0.29, 0.717) is 19.0 Å². The Morgan fingerprint density at radius 2 is 1.96 bits per heavy atom. The molecule has 1 saturated carbocycles. The van der Waals surface area contributed by atoms with E-state index >= 15 is 0 Å². The number of guanidine groups is 1. The van der Waals surface area contributed by atoms with Crippen LogP contribution in [0.5, 0.6) is 0 Å². The lowest BCUT2D eigenvalue weighted by Gasteiger charge is -2.31. The van der Waals surface area contributed by atoms with Gasteiger partial charge in [-0.3, -0.25) is 4.99 Å². The van der Waals surface area contributed by atoms with Crippen molar-refractivity contribution < 1.29 is 8.42 Å². The van der Waals surface area contributed by atoms with E-state index in [9.17, 15) is 8.42 Å². The van der Waals surface area contributed by atoms with Crippen molar-refractivity contribution in [3.05, 3.63) is 0 Å². The summed E-state index contributed by atoms with van der Waals surface area (Å²) in [5, 5.41) is 7.69. The average molecular weight is 520 g/mol. The predicted octanol–water partition coefficient (Wildman–Crippen LogP) is 3.68. The van der Waals surface area contributed by atoms with Gasteiger partial charge in [0.1, 0.15) is 9.84 Å². The molecule has 156 valence electrons. The number of sulfone groups is 1. The minimum Gasteiger partial charge on any atom is -0.357 e. The maximum atomic E-state index is 11.4. The zero-order valence-corrected chi connectivity index (χ0v) is 21.0. The summed E-state index contributed by atoms with van der Waals surface area (Å²) in [5.74, 6) is 2.26. The van der Waals surface area contributed by atoms with Crippen molar-refractivity contribution in [2.45, 2.75) is 71.1 Å². The van der Waals surface area contributed by atoms with Crippen LogP contribution in [0.1, 0.15) is 59.8 Å². The molecule has 5 nitrogen and oxygen atoms in total. The fourth-order valence-electron chi connectivity index (χ4n) is 3.01. The predicted molar refractivity (Wildman–Crippen MR) is 127 cm³/mol. The summed E-state index contributed by atoms with van der Waals surface area (Å²) in [6, 6.07) is 0.481. The highest BCUT2D eigenvalue weighted by Gasteiger charge is 2.23. The van der Waals surface area contributed by atoms with Gasteiger partial charge in [-0.2, -0.15) is 11.8 Å². The van der Waals surface area contributed by atoms with E-state index in [-0.39, 0.29) is 35.1 Å². The van der Waals surface area contributed by atoms with Gasteiger partial charge in [-0.05, 0) is 43.8 Å². The van der Waals surface area contributed by atoms with E-state index in [4.69, 9.17) is 4.99 Å². The molecular weight excluding hydrogens is 481 g/mol. The number of hydrogen-bond acceptors (Lipinski definition) is 4. The second kappa shape index (κ2) is 12.7. The first-order valence-corrected chi connectivity index (χ1v) is 12.6. The van der Waals surface area contributed by atoms with E-state index in [1.165, 1.54) is 37.7 Å². The zero-order valence-electron chi connectivity index (χ0n) is 17.0. The minimum atomic E-state index is -2.92. The lowest BCUT2D eigenvalue weighted by molar-refractivity contribution is 0.363. The molecule has 0 aliphatic heterocycles. The van der Waals surface area contributed by atoms with Crippen LogP contribution in [-0.4, -0.2) is 56.5 Å². The highest BCUT2D eigenvalue weighted by Crippen LogP contribution is 2.28. The molecule has 1 rings (SSSR count). The molecule has 0 heterocycles. The minimum absolute atomic E-state index is 0. The van der Waals surface area contributed by atoms with Gasteiger partial charge in [-0.25, -0.2) is 8.42 Å². The van der Waals surface area contributed by atoms with Crippen LogP contribution in [0.15, 0.2) is 4.99 Å². The summed E-state index contributed by atoms with van der Waals surface area (Å²) < 4.78 is 22.8. The third-order valence-electron chi connectivity index (χ3n) is 4.53. The fourth-order valence-corrected chi connectivity index (χ4v) is 5.11. The smallest absolute Gasteiger partial charge is 0.191 e. The van der Waals surface area contributed by atoms with Crippen molar-refractivity contribution >= 4 is 51.5 Å². The summed E-state index contributed by atoms with van der Waals surface area (Å²) in [6.07, 6.45) is 6.92. The van der Waals surface area contributed by atoms with Gasteiger partial charge < -0.3 is 10.6 Å². The summed E-state index contributed by atoms with van der Waals surface area (Å²) in [7, 11) is -2.92. The SMILES string of the molecule is CCNC(=NCC(C)(C)CCS(C)(=O)=O)NC1CCCC(SCC)C1.I. The van der Waals surface area contributed by atoms with E-state index in [2.05, 4.69) is 50.1 Å². The molecule has 0 bridgehead atoms. The highest BCUT2D eigenvalue weighted by atomic mass is 127. The van der Waals surface area contributed by atoms with E-state index in [1.807, 2.05) is 0 Å². The van der Waals surface area contributed by atoms with Crippen LogP contribution in [-0.2, 0) is 9.84 Å². The van der Waals surface area contributed by atoms with E-state index in [1.54, 1.807) is 0 Å². The third kappa shape index (κ3) is 11.9. The van der Waals surface area contributed by atoms with Gasteiger partial charge >= 0.3 is 0 Å². The molecule has 1 aliphatic rings. The molecule has 2 N–H and O–H groups in total. The Hall–Kier alpha value is 0.300. The van der Waals surface area contributed by atoms with Gasteiger partial charge in [-0.15, -0.1) is 24.0 Å². The standard InChI is InChI=1S/C18H37N3O2S2.HI/c1-6-19-17(20-14-18(3,4)11-12-25(5,22)23)21-15-9-8-10-16(13-15)24-7-2;/h15-16H,6-14H2,1-5H3,(H2,19,20,21);1H. The van der Waals surface area contributed by atoms with Gasteiger partial charge in [-0.1, -0.05) is 27.2 Å². The van der Waals surface area contributed by atoms with Gasteiger partial charge in [0, 0.05) is 30.6 Å². The monoisotopic (exact) mass is 519 g/mol. The second-order valence-corrected chi connectivity index (χ2v) is 11.7. The summed E-state index contributed by atoms with van der Waals surface area (Å²) in [4.78, 5) is 4.74. The molecule has 1 aliphatic carbocycles. The molecule has 1 fully saturated rings. The topological polar surface area (TPSA) is 70.6 Å². The fraction of sp³-hybridized carbons (Fsp3) is 0.944. The molecule has 0 spiro atoms. The number of rotatable bonds is 9. The van der Waals surface area contributed by atoms with Gasteiger partial charge in [0.15, 0.2) is 5.96 Å². The molecular formula is C18H38IN3O2S2. The van der Waals surface area contributed by atoms with Crippen molar-refractivity contribution in [3.8, 4) is 0 Å². The van der Waals surface area contributed by atoms with E-state index < -0.39 is 9.84 Å². The zero-order chi connectivity index (χ0) is 18.9. The summed E-state index contributed by atoms with van der Waals surface area (Å²) in [6.45, 7) is 9.92. The molecule has 2 unspecified atom stereocenters. The Kier molecular flexibility index (Phi) is 12.8. The normalized spacial score (nSPS) is 21.8. The van der Waals surface area contributed by atoms with E-state index in [0.717, 1.165) is 17.8 Å². The lowest BCUT2D eigenvalue weighted by Crippen LogP contribution is -2.46. The van der Waals surface area contributed by atoms with Gasteiger partial charge in [0.05, 0.1) is 5.75 Å². The second-order valence-electron chi connectivity index (χ2n) is 7.82. The van der Waals surface area contributed by atoms with Crippen molar-refractivity contribution in [1.29, 1.82) is 0 Å². The largest absolute Gasteiger partial charge is 0.357 e. The quantitative estimate of drug-likeness (QED) is 0.276. The maximum Gasteiger partial charge on any atom is 0.191 e.